The van der Waals surface area contributed by atoms with Gasteiger partial charge in [-0.1, -0.05) is 31.2 Å². The van der Waals surface area contributed by atoms with E-state index in [9.17, 15) is 4.79 Å². The van der Waals surface area contributed by atoms with Gasteiger partial charge in [-0.05, 0) is 6.42 Å². The largest absolute Gasteiger partial charge is 0.303 e. The van der Waals surface area contributed by atoms with Crippen LogP contribution >= 0.6 is 0 Å². The topological polar surface area (TPSA) is 17.1 Å². The number of aldehydes is 1. The summed E-state index contributed by atoms with van der Waals surface area (Å²) in [5, 5.41) is 0. The molecular weight excluding hydrogens is 112 g/mol. The molecule has 1 heteroatoms. The lowest BCUT2D eigenvalue weighted by Crippen LogP contribution is -1.63. The molecule has 0 unspecified atom stereocenters. The summed E-state index contributed by atoms with van der Waals surface area (Å²) in [6.45, 7) is 2.07. The van der Waals surface area contributed by atoms with Crippen molar-refractivity contribution in [3.63, 3.8) is 0 Å². The number of hydrogen-bond acceptors (Lipinski definition) is 1. The number of rotatable bonds is 4. The highest BCUT2D eigenvalue weighted by atomic mass is 16.1. The average molecular weight is 124 g/mol. The molecule has 0 N–H and O–H groups in total. The first kappa shape index (κ1) is 8.15. The van der Waals surface area contributed by atoms with E-state index < -0.39 is 0 Å². The summed E-state index contributed by atoms with van der Waals surface area (Å²) in [6.07, 6.45) is 10.2. The van der Waals surface area contributed by atoms with Gasteiger partial charge in [0.25, 0.3) is 0 Å². The van der Waals surface area contributed by atoms with Gasteiger partial charge in [-0.25, -0.2) is 0 Å². The lowest BCUT2D eigenvalue weighted by atomic mass is 10.3. The molecule has 0 aliphatic rings. The smallest absolute Gasteiger partial charge is 0.123 e. The molecule has 0 aromatic rings. The summed E-state index contributed by atoms with van der Waals surface area (Å²) in [5.74, 6) is 0. The van der Waals surface area contributed by atoms with Crippen LogP contribution in [0.15, 0.2) is 24.3 Å². The standard InChI is InChI=1S/C8H12O/c1-2-3-4-5-6-7-8-9/h3-6,8H,2,7H2,1H3/b4-3+,6-5-. The van der Waals surface area contributed by atoms with Crippen molar-refractivity contribution in [2.24, 2.45) is 0 Å². The third-order valence-corrected chi connectivity index (χ3v) is 0.851. The number of allylic oxidation sites excluding steroid dienone is 4. The van der Waals surface area contributed by atoms with E-state index in [0.29, 0.717) is 6.42 Å². The van der Waals surface area contributed by atoms with Gasteiger partial charge < -0.3 is 4.79 Å². The first-order valence-electron chi connectivity index (χ1n) is 3.17. The lowest BCUT2D eigenvalue weighted by molar-refractivity contribution is -0.107. The first-order chi connectivity index (χ1) is 4.41. The second-order valence-electron chi connectivity index (χ2n) is 1.67. The van der Waals surface area contributed by atoms with Crippen molar-refractivity contribution in [1.82, 2.24) is 0 Å². The van der Waals surface area contributed by atoms with Gasteiger partial charge in [0, 0.05) is 6.42 Å². The van der Waals surface area contributed by atoms with E-state index in [-0.39, 0.29) is 0 Å². The maximum absolute atomic E-state index is 9.76. The molecule has 0 saturated heterocycles. The summed E-state index contributed by atoms with van der Waals surface area (Å²) in [7, 11) is 0. The van der Waals surface area contributed by atoms with Crippen LogP contribution in [0.3, 0.4) is 0 Å². The third kappa shape index (κ3) is 7.15. The molecule has 0 rings (SSSR count). The van der Waals surface area contributed by atoms with Crippen LogP contribution in [0.1, 0.15) is 19.8 Å². The molecule has 50 valence electrons. The molecule has 0 aliphatic carbocycles. The number of carbonyl (C=O) groups is 1. The Kier molecular flexibility index (Phi) is 6.47. The molecule has 9 heavy (non-hydrogen) atoms. The Balaban J connectivity index is 3.23. The predicted molar refractivity (Wildman–Crippen MR) is 39.3 cm³/mol. The van der Waals surface area contributed by atoms with Crippen molar-refractivity contribution >= 4 is 6.29 Å². The van der Waals surface area contributed by atoms with E-state index in [1.165, 1.54) is 0 Å². The Hall–Kier alpha value is -0.850. The lowest BCUT2D eigenvalue weighted by Gasteiger charge is -1.74. The first-order valence-corrected chi connectivity index (χ1v) is 3.17. The zero-order valence-electron chi connectivity index (χ0n) is 5.71. The highest BCUT2D eigenvalue weighted by Gasteiger charge is 1.67. The maximum atomic E-state index is 9.76. The fourth-order valence-corrected chi connectivity index (χ4v) is 0.427. The normalized spacial score (nSPS) is 11.2. The van der Waals surface area contributed by atoms with Crippen LogP contribution in [0.25, 0.3) is 0 Å². The van der Waals surface area contributed by atoms with Gasteiger partial charge in [0.15, 0.2) is 0 Å². The Morgan fingerprint density at radius 2 is 1.89 bits per heavy atom. The van der Waals surface area contributed by atoms with Crippen molar-refractivity contribution in [2.45, 2.75) is 19.8 Å². The van der Waals surface area contributed by atoms with Crippen molar-refractivity contribution in [3.05, 3.63) is 24.3 Å². The van der Waals surface area contributed by atoms with Crippen molar-refractivity contribution < 1.29 is 4.79 Å². The summed E-state index contributed by atoms with van der Waals surface area (Å²) in [6, 6.07) is 0. The third-order valence-electron chi connectivity index (χ3n) is 0.851. The molecule has 0 atom stereocenters. The van der Waals surface area contributed by atoms with Crippen LogP contribution in [0.5, 0.6) is 0 Å². The van der Waals surface area contributed by atoms with Gasteiger partial charge >= 0.3 is 0 Å². The molecule has 0 aromatic carbocycles. The van der Waals surface area contributed by atoms with Crippen molar-refractivity contribution in [2.75, 3.05) is 0 Å². The predicted octanol–water partition coefficient (Wildman–Crippen LogP) is 2.10. The minimum atomic E-state index is 0.522. The monoisotopic (exact) mass is 124 g/mol. The quantitative estimate of drug-likeness (QED) is 0.414. The molecule has 0 bridgehead atoms. The summed E-state index contributed by atoms with van der Waals surface area (Å²) < 4.78 is 0. The number of hydrogen-bond donors (Lipinski definition) is 0. The Bertz CT molecular complexity index is 112. The van der Waals surface area contributed by atoms with Gasteiger partial charge in [0.05, 0.1) is 0 Å². The zero-order valence-corrected chi connectivity index (χ0v) is 5.71. The minimum Gasteiger partial charge on any atom is -0.303 e. The summed E-state index contributed by atoms with van der Waals surface area (Å²) in [4.78, 5) is 9.76. The van der Waals surface area contributed by atoms with Gasteiger partial charge in [0.1, 0.15) is 6.29 Å². The SMILES string of the molecule is CC/C=C/C=C\CC=O. The molecule has 0 saturated carbocycles. The Morgan fingerprint density at radius 1 is 1.22 bits per heavy atom. The Labute approximate surface area is 56.1 Å². The zero-order chi connectivity index (χ0) is 6.95. The highest BCUT2D eigenvalue weighted by Crippen LogP contribution is 1.82. The van der Waals surface area contributed by atoms with Crippen LogP contribution in [0, 0.1) is 0 Å². The molecule has 0 heterocycles. The second-order valence-corrected chi connectivity index (χ2v) is 1.67. The molecular formula is C8H12O. The van der Waals surface area contributed by atoms with Crippen LogP contribution in [0.4, 0.5) is 0 Å². The van der Waals surface area contributed by atoms with E-state index in [2.05, 4.69) is 6.92 Å². The van der Waals surface area contributed by atoms with E-state index in [1.807, 2.05) is 24.3 Å². The Morgan fingerprint density at radius 3 is 2.44 bits per heavy atom. The van der Waals surface area contributed by atoms with Crippen LogP contribution < -0.4 is 0 Å². The van der Waals surface area contributed by atoms with Gasteiger partial charge in [-0.15, -0.1) is 0 Å². The van der Waals surface area contributed by atoms with Crippen LogP contribution in [-0.4, -0.2) is 6.29 Å². The summed E-state index contributed by atoms with van der Waals surface area (Å²) >= 11 is 0. The van der Waals surface area contributed by atoms with Crippen molar-refractivity contribution in [3.8, 4) is 0 Å². The van der Waals surface area contributed by atoms with E-state index in [4.69, 9.17) is 0 Å². The fraction of sp³-hybridized carbons (Fsp3) is 0.375. The second kappa shape index (κ2) is 7.15. The molecule has 0 radical (unpaired) electrons. The van der Waals surface area contributed by atoms with Crippen molar-refractivity contribution in [1.29, 1.82) is 0 Å². The van der Waals surface area contributed by atoms with Crippen LogP contribution in [0.2, 0.25) is 0 Å². The van der Waals surface area contributed by atoms with Gasteiger partial charge in [-0.2, -0.15) is 0 Å². The van der Waals surface area contributed by atoms with Gasteiger partial charge in [-0.3, -0.25) is 0 Å². The highest BCUT2D eigenvalue weighted by molar-refractivity contribution is 5.51. The molecule has 0 fully saturated rings. The van der Waals surface area contributed by atoms with Gasteiger partial charge in [0.2, 0.25) is 0 Å². The molecule has 0 amide bonds. The van der Waals surface area contributed by atoms with E-state index in [0.717, 1.165) is 12.7 Å². The summed E-state index contributed by atoms with van der Waals surface area (Å²) in [5.41, 5.74) is 0. The molecule has 0 spiro atoms. The van der Waals surface area contributed by atoms with Crippen LogP contribution in [-0.2, 0) is 4.79 Å². The van der Waals surface area contributed by atoms with E-state index >= 15 is 0 Å². The minimum absolute atomic E-state index is 0.522. The average Bonchev–Trinajstić information content (AvgIpc) is 1.89. The number of carbonyl (C=O) groups excluding carboxylic acids is 1. The molecule has 0 aromatic heterocycles. The molecule has 1 nitrogen and oxygen atoms in total. The fourth-order valence-electron chi connectivity index (χ4n) is 0.427. The van der Waals surface area contributed by atoms with E-state index in [1.54, 1.807) is 0 Å². The maximum Gasteiger partial charge on any atom is 0.123 e. The molecule has 0 aliphatic heterocycles.